The van der Waals surface area contributed by atoms with Gasteiger partial charge in [0, 0.05) is 6.42 Å². The Bertz CT molecular complexity index is 1020. The summed E-state index contributed by atoms with van der Waals surface area (Å²) in [5.74, 6) is -0.659. The molecule has 0 aliphatic carbocycles. The highest BCUT2D eigenvalue weighted by Crippen LogP contribution is 2.53. The van der Waals surface area contributed by atoms with Crippen LogP contribution in [0.1, 0.15) is 26.0 Å². The minimum atomic E-state index is -4.31. The Hall–Kier alpha value is -2.31. The third-order valence-corrected chi connectivity index (χ3v) is 5.37. The molecule has 2 aromatic heterocycles. The number of imidazole rings is 1. The van der Waals surface area contributed by atoms with E-state index >= 15 is 0 Å². The molecule has 5 unspecified atom stereocenters. The number of esters is 1. The van der Waals surface area contributed by atoms with Crippen LogP contribution < -0.4 is 11.3 Å². The maximum Gasteiger partial charge on any atom is 0.472 e. The highest BCUT2D eigenvalue weighted by molar-refractivity contribution is 7.47. The van der Waals surface area contributed by atoms with Crippen LogP contribution in [-0.2, 0) is 27.9 Å². The number of nitrogen functional groups attached to an aromatic ring is 1. The molecule has 2 saturated heterocycles. The molecule has 28 heavy (non-hydrogen) atoms. The van der Waals surface area contributed by atoms with Gasteiger partial charge < -0.3 is 20.1 Å². The van der Waals surface area contributed by atoms with E-state index in [1.54, 1.807) is 0 Å². The van der Waals surface area contributed by atoms with Crippen molar-refractivity contribution in [3.63, 3.8) is 0 Å². The topological polar surface area (TPSA) is 181 Å². The summed E-state index contributed by atoms with van der Waals surface area (Å²) in [6.07, 6.45) is -1.96. The molecule has 4 heterocycles. The molecule has 0 amide bonds. The van der Waals surface area contributed by atoms with E-state index in [4.69, 9.17) is 24.3 Å². The van der Waals surface area contributed by atoms with E-state index in [2.05, 4.69) is 15.0 Å². The number of nitrogens with zero attached hydrogens (tertiary/aromatic N) is 3. The molecule has 14 heteroatoms. The number of H-pyrrole nitrogens is 1. The van der Waals surface area contributed by atoms with E-state index in [0.717, 1.165) is 0 Å². The van der Waals surface area contributed by atoms with Gasteiger partial charge in [0.2, 0.25) is 5.95 Å². The maximum absolute atomic E-state index is 12.1. The standard InChI is InChI=1S/C14H18N5O8P/c1-2-3-7(20)26-10-9-6(4-24-28(22,23)27-9)25-13(10)19-5-16-8-11(19)17-14(15)18-12(8)21/h5-6,9-10,13H,2-4H2,1H3,(H,22,23)(H3,15,17,18,21). The van der Waals surface area contributed by atoms with Crippen molar-refractivity contribution >= 4 is 30.9 Å². The zero-order chi connectivity index (χ0) is 20.1. The molecule has 4 rings (SSSR count). The molecule has 0 spiro atoms. The monoisotopic (exact) mass is 415 g/mol. The van der Waals surface area contributed by atoms with Crippen LogP contribution >= 0.6 is 7.82 Å². The molecular weight excluding hydrogens is 397 g/mol. The average molecular weight is 415 g/mol. The van der Waals surface area contributed by atoms with Crippen molar-refractivity contribution in [1.82, 2.24) is 19.5 Å². The van der Waals surface area contributed by atoms with Gasteiger partial charge in [0.05, 0.1) is 12.9 Å². The van der Waals surface area contributed by atoms with Crippen molar-refractivity contribution in [3.8, 4) is 0 Å². The predicted octanol–water partition coefficient (Wildman–Crippen LogP) is -0.173. The SMILES string of the molecule is CCCC(=O)OC1C2OP(=O)(O)OCC2OC1n1cnc2c(=O)[nH]c(N)nc21. The first-order valence-electron chi connectivity index (χ1n) is 8.52. The fraction of sp³-hybridized carbons (Fsp3) is 0.571. The van der Waals surface area contributed by atoms with Crippen molar-refractivity contribution in [2.45, 2.75) is 44.3 Å². The lowest BCUT2D eigenvalue weighted by molar-refractivity contribution is -0.158. The predicted molar refractivity (Wildman–Crippen MR) is 91.9 cm³/mol. The summed E-state index contributed by atoms with van der Waals surface area (Å²) in [5.41, 5.74) is 5.18. The molecular formula is C14H18N5O8P. The number of carbonyl (C=O) groups excluding carboxylic acids is 1. The van der Waals surface area contributed by atoms with Gasteiger partial charge in [0.25, 0.3) is 5.56 Å². The molecule has 2 aromatic rings. The number of fused-ring (bicyclic) bond motifs is 2. The van der Waals surface area contributed by atoms with Gasteiger partial charge in [-0.3, -0.25) is 28.2 Å². The quantitative estimate of drug-likeness (QED) is 0.445. The number of aromatic nitrogens is 4. The van der Waals surface area contributed by atoms with Crippen molar-refractivity contribution in [1.29, 1.82) is 0 Å². The highest BCUT2D eigenvalue weighted by Gasteiger charge is 2.55. The molecule has 4 N–H and O–H groups in total. The van der Waals surface area contributed by atoms with Gasteiger partial charge in [-0.05, 0) is 6.42 Å². The van der Waals surface area contributed by atoms with E-state index in [-0.39, 0.29) is 30.1 Å². The lowest BCUT2D eigenvalue weighted by atomic mass is 10.1. The summed E-state index contributed by atoms with van der Waals surface area (Å²) >= 11 is 0. The van der Waals surface area contributed by atoms with Crippen molar-refractivity contribution in [2.75, 3.05) is 12.3 Å². The van der Waals surface area contributed by atoms with E-state index in [0.29, 0.717) is 6.42 Å². The number of phosphoric ester groups is 1. The van der Waals surface area contributed by atoms with Crippen molar-refractivity contribution in [3.05, 3.63) is 16.7 Å². The minimum Gasteiger partial charge on any atom is -0.455 e. The molecule has 0 aromatic carbocycles. The molecule has 0 radical (unpaired) electrons. The van der Waals surface area contributed by atoms with Gasteiger partial charge in [-0.15, -0.1) is 0 Å². The Labute approximate surface area is 157 Å². The van der Waals surface area contributed by atoms with E-state index in [1.165, 1.54) is 10.9 Å². The Morgan fingerprint density at radius 3 is 3.11 bits per heavy atom. The van der Waals surface area contributed by atoms with Gasteiger partial charge >= 0.3 is 13.8 Å². The number of nitrogens with one attached hydrogen (secondary N) is 1. The molecule has 152 valence electrons. The van der Waals surface area contributed by atoms with Gasteiger partial charge in [-0.2, -0.15) is 4.98 Å². The van der Waals surface area contributed by atoms with Crippen LogP contribution in [0.5, 0.6) is 0 Å². The van der Waals surface area contributed by atoms with Crippen LogP contribution in [0, 0.1) is 0 Å². The number of hydrogen-bond donors (Lipinski definition) is 3. The largest absolute Gasteiger partial charge is 0.472 e. The Morgan fingerprint density at radius 2 is 2.36 bits per heavy atom. The van der Waals surface area contributed by atoms with Gasteiger partial charge in [0.1, 0.15) is 12.2 Å². The summed E-state index contributed by atoms with van der Waals surface area (Å²) in [4.78, 5) is 44.2. The van der Waals surface area contributed by atoms with Gasteiger partial charge in [-0.1, -0.05) is 6.92 Å². The molecule has 0 saturated carbocycles. The third-order valence-electron chi connectivity index (χ3n) is 4.39. The maximum atomic E-state index is 12.1. The fourth-order valence-electron chi connectivity index (χ4n) is 3.21. The van der Waals surface area contributed by atoms with Crippen LogP contribution in [0.3, 0.4) is 0 Å². The number of ether oxygens (including phenoxy) is 2. The van der Waals surface area contributed by atoms with Gasteiger partial charge in [-0.25, -0.2) is 9.55 Å². The summed E-state index contributed by atoms with van der Waals surface area (Å²) in [6, 6.07) is 0. The normalized spacial score (nSPS) is 32.4. The summed E-state index contributed by atoms with van der Waals surface area (Å²) in [6.45, 7) is 1.57. The molecule has 2 fully saturated rings. The second kappa shape index (κ2) is 6.94. The van der Waals surface area contributed by atoms with Crippen LogP contribution in [0.4, 0.5) is 5.95 Å². The highest BCUT2D eigenvalue weighted by atomic mass is 31.2. The second-order valence-corrected chi connectivity index (χ2v) is 7.79. The number of hydrogen-bond acceptors (Lipinski definition) is 10. The molecule has 0 bridgehead atoms. The Morgan fingerprint density at radius 1 is 1.57 bits per heavy atom. The number of nitrogens with two attached hydrogens (primary N) is 1. The third kappa shape index (κ3) is 3.31. The second-order valence-electron chi connectivity index (χ2n) is 6.38. The number of carbonyl (C=O) groups is 1. The molecule has 2 aliphatic rings. The summed E-state index contributed by atoms with van der Waals surface area (Å²) < 4.78 is 34.5. The zero-order valence-corrected chi connectivity index (χ0v) is 15.6. The number of rotatable bonds is 4. The zero-order valence-electron chi connectivity index (χ0n) is 14.7. The van der Waals surface area contributed by atoms with E-state index in [9.17, 15) is 19.0 Å². The Kier molecular flexibility index (Phi) is 4.71. The summed E-state index contributed by atoms with van der Waals surface area (Å²) in [5, 5.41) is 0. The van der Waals surface area contributed by atoms with Gasteiger partial charge in [0.15, 0.2) is 23.5 Å². The first-order valence-corrected chi connectivity index (χ1v) is 10.0. The minimum absolute atomic E-state index is 0.0105. The van der Waals surface area contributed by atoms with Crippen LogP contribution in [0.25, 0.3) is 11.2 Å². The van der Waals surface area contributed by atoms with Crippen LogP contribution in [-0.4, -0.2) is 55.3 Å². The lowest BCUT2D eigenvalue weighted by Gasteiger charge is -2.29. The number of phosphoric acid groups is 1. The van der Waals surface area contributed by atoms with Crippen molar-refractivity contribution in [2.24, 2.45) is 0 Å². The smallest absolute Gasteiger partial charge is 0.455 e. The Balaban J connectivity index is 1.75. The fourth-order valence-corrected chi connectivity index (χ4v) is 4.17. The first-order chi connectivity index (χ1) is 13.3. The van der Waals surface area contributed by atoms with Crippen molar-refractivity contribution < 1.29 is 32.8 Å². The lowest BCUT2D eigenvalue weighted by Crippen LogP contribution is -2.41. The average Bonchev–Trinajstić information content (AvgIpc) is 3.16. The molecule has 13 nitrogen and oxygen atoms in total. The number of anilines is 1. The summed E-state index contributed by atoms with van der Waals surface area (Å²) in [7, 11) is -4.31. The molecule has 2 aliphatic heterocycles. The number of aromatic amines is 1. The van der Waals surface area contributed by atoms with E-state index in [1.807, 2.05) is 6.92 Å². The van der Waals surface area contributed by atoms with Crippen LogP contribution in [0.2, 0.25) is 0 Å². The van der Waals surface area contributed by atoms with E-state index < -0.39 is 43.9 Å². The first kappa shape index (κ1) is 19.0. The van der Waals surface area contributed by atoms with Crippen LogP contribution in [0.15, 0.2) is 11.1 Å². The molecule has 5 atom stereocenters.